The Morgan fingerprint density at radius 3 is 2.43 bits per heavy atom. The monoisotopic (exact) mass is 433 g/mol. The molecule has 8 nitrogen and oxygen atoms in total. The summed E-state index contributed by atoms with van der Waals surface area (Å²) in [5.74, 6) is -0.948. The van der Waals surface area contributed by atoms with Gasteiger partial charge in [-0.1, -0.05) is 0 Å². The lowest BCUT2D eigenvalue weighted by Crippen LogP contribution is -2.46. The second kappa shape index (κ2) is 8.59. The summed E-state index contributed by atoms with van der Waals surface area (Å²) in [6.07, 6.45) is -0.590. The van der Waals surface area contributed by atoms with E-state index >= 15 is 0 Å². The van der Waals surface area contributed by atoms with Gasteiger partial charge < -0.3 is 9.64 Å². The number of esters is 1. The molecule has 1 fully saturated rings. The summed E-state index contributed by atoms with van der Waals surface area (Å²) < 4.78 is 30.6. The van der Waals surface area contributed by atoms with E-state index in [0.29, 0.717) is 18.5 Å². The lowest BCUT2D eigenvalue weighted by molar-refractivity contribution is -0.141. The van der Waals surface area contributed by atoms with E-state index < -0.39 is 21.9 Å². The van der Waals surface area contributed by atoms with Crippen molar-refractivity contribution in [2.45, 2.75) is 46.3 Å². The Morgan fingerprint density at radius 2 is 1.93 bits per heavy atom. The molecule has 3 rings (SSSR count). The van der Waals surface area contributed by atoms with Crippen LogP contribution < -0.4 is 0 Å². The fourth-order valence-corrected chi connectivity index (χ4v) is 5.49. The van der Waals surface area contributed by atoms with Crippen LogP contribution in [0.5, 0.6) is 0 Å². The summed E-state index contributed by atoms with van der Waals surface area (Å²) in [6, 6.07) is 8.39. The number of hydrogen-bond donors (Lipinski definition) is 0. The molecule has 0 saturated carbocycles. The molecule has 1 aliphatic rings. The number of amides is 1. The molecule has 0 radical (unpaired) electrons. The van der Waals surface area contributed by atoms with E-state index in [1.807, 2.05) is 19.9 Å². The standard InChI is InChI=1S/C21H27N3O5S/c1-5-23(19-10-11-30(27,28)13-19)20(25)16(4)29-21(26)17-6-8-18(9-7-17)24-15(3)12-14(2)22-24/h6-9,12,16,19H,5,10-11,13H2,1-4H3/t16-,19-/m1/s1. The van der Waals surface area contributed by atoms with Crippen molar-refractivity contribution in [2.75, 3.05) is 18.1 Å². The van der Waals surface area contributed by atoms with Crippen molar-refractivity contribution in [1.82, 2.24) is 14.7 Å². The molecule has 1 aromatic heterocycles. The molecule has 2 heterocycles. The molecule has 1 aliphatic heterocycles. The summed E-state index contributed by atoms with van der Waals surface area (Å²) in [4.78, 5) is 26.8. The molecule has 0 unspecified atom stereocenters. The first kappa shape index (κ1) is 22.0. The zero-order valence-electron chi connectivity index (χ0n) is 17.7. The molecule has 162 valence electrons. The van der Waals surface area contributed by atoms with Crippen LogP contribution >= 0.6 is 0 Å². The van der Waals surface area contributed by atoms with E-state index in [1.54, 1.807) is 35.9 Å². The van der Waals surface area contributed by atoms with Gasteiger partial charge in [0.1, 0.15) is 0 Å². The molecule has 1 saturated heterocycles. The number of sulfone groups is 1. The quantitative estimate of drug-likeness (QED) is 0.647. The molecule has 0 aliphatic carbocycles. The highest BCUT2D eigenvalue weighted by Crippen LogP contribution is 2.20. The van der Waals surface area contributed by atoms with Gasteiger partial charge in [-0.05, 0) is 64.4 Å². The number of benzene rings is 1. The summed E-state index contributed by atoms with van der Waals surface area (Å²) in [7, 11) is -3.11. The largest absolute Gasteiger partial charge is 0.449 e. The number of aromatic nitrogens is 2. The number of hydrogen-bond acceptors (Lipinski definition) is 6. The van der Waals surface area contributed by atoms with Gasteiger partial charge in [-0.2, -0.15) is 5.10 Å². The first-order chi connectivity index (χ1) is 14.1. The van der Waals surface area contributed by atoms with E-state index in [9.17, 15) is 18.0 Å². The average molecular weight is 434 g/mol. The molecule has 1 aromatic carbocycles. The molecular weight excluding hydrogens is 406 g/mol. The highest BCUT2D eigenvalue weighted by Gasteiger charge is 2.36. The van der Waals surface area contributed by atoms with Crippen molar-refractivity contribution in [3.8, 4) is 5.69 Å². The third kappa shape index (κ3) is 4.72. The topological polar surface area (TPSA) is 98.6 Å². The van der Waals surface area contributed by atoms with Crippen LogP contribution in [0.25, 0.3) is 5.69 Å². The van der Waals surface area contributed by atoms with E-state index in [2.05, 4.69) is 5.10 Å². The van der Waals surface area contributed by atoms with Gasteiger partial charge in [-0.15, -0.1) is 0 Å². The van der Waals surface area contributed by atoms with E-state index in [-0.39, 0.29) is 23.5 Å². The van der Waals surface area contributed by atoms with Gasteiger partial charge in [-0.3, -0.25) is 4.79 Å². The second-order valence-corrected chi connectivity index (χ2v) is 9.84. The van der Waals surface area contributed by atoms with Crippen LogP contribution in [0.3, 0.4) is 0 Å². The predicted molar refractivity (Wildman–Crippen MR) is 112 cm³/mol. The van der Waals surface area contributed by atoms with Crippen LogP contribution in [-0.4, -0.2) is 65.2 Å². The first-order valence-corrected chi connectivity index (χ1v) is 11.8. The summed E-state index contributed by atoms with van der Waals surface area (Å²) in [6.45, 7) is 7.52. The summed E-state index contributed by atoms with van der Waals surface area (Å²) in [5, 5.41) is 4.41. The zero-order chi connectivity index (χ0) is 22.1. The van der Waals surface area contributed by atoms with Crippen molar-refractivity contribution >= 4 is 21.7 Å². The van der Waals surface area contributed by atoms with Crippen molar-refractivity contribution in [2.24, 2.45) is 0 Å². The van der Waals surface area contributed by atoms with Gasteiger partial charge in [0.15, 0.2) is 15.9 Å². The average Bonchev–Trinajstić information content (AvgIpc) is 3.22. The number of rotatable bonds is 6. The van der Waals surface area contributed by atoms with Crippen molar-refractivity contribution < 1.29 is 22.7 Å². The molecule has 0 N–H and O–H groups in total. The Bertz CT molecular complexity index is 1040. The molecule has 2 atom stereocenters. The fourth-order valence-electron chi connectivity index (χ4n) is 3.76. The lowest BCUT2D eigenvalue weighted by Gasteiger charge is -2.29. The zero-order valence-corrected chi connectivity index (χ0v) is 18.5. The summed E-state index contributed by atoms with van der Waals surface area (Å²) in [5.41, 5.74) is 3.03. The van der Waals surface area contributed by atoms with Crippen LogP contribution in [0.4, 0.5) is 0 Å². The van der Waals surface area contributed by atoms with E-state index in [4.69, 9.17) is 4.74 Å². The third-order valence-electron chi connectivity index (χ3n) is 5.26. The number of carbonyl (C=O) groups is 2. The fraction of sp³-hybridized carbons (Fsp3) is 0.476. The van der Waals surface area contributed by atoms with Gasteiger partial charge in [0.25, 0.3) is 5.91 Å². The van der Waals surface area contributed by atoms with E-state index in [1.165, 1.54) is 11.8 Å². The SMILES string of the molecule is CCN(C(=O)[C@@H](C)OC(=O)c1ccc(-n2nc(C)cc2C)cc1)[C@@H]1CCS(=O)(=O)C1. The minimum Gasteiger partial charge on any atom is -0.449 e. The number of nitrogens with zero attached hydrogens (tertiary/aromatic N) is 3. The molecule has 0 bridgehead atoms. The van der Waals surface area contributed by atoms with E-state index in [0.717, 1.165) is 17.1 Å². The first-order valence-electron chi connectivity index (χ1n) is 9.97. The normalized spacial score (nSPS) is 18.7. The lowest BCUT2D eigenvalue weighted by atomic mass is 10.2. The third-order valence-corrected chi connectivity index (χ3v) is 7.01. The minimum atomic E-state index is -3.11. The van der Waals surface area contributed by atoms with Gasteiger partial charge in [0.05, 0.1) is 28.5 Å². The second-order valence-electron chi connectivity index (χ2n) is 7.61. The van der Waals surface area contributed by atoms with Crippen LogP contribution in [0.2, 0.25) is 0 Å². The maximum absolute atomic E-state index is 12.8. The smallest absolute Gasteiger partial charge is 0.338 e. The van der Waals surface area contributed by atoms with Crippen LogP contribution in [0.1, 0.15) is 42.0 Å². The predicted octanol–water partition coefficient (Wildman–Crippen LogP) is 2.07. The number of likely N-dealkylation sites (N-methyl/N-ethyl adjacent to an activating group) is 1. The Morgan fingerprint density at radius 1 is 1.27 bits per heavy atom. The Balaban J connectivity index is 1.66. The Hall–Kier alpha value is -2.68. The maximum atomic E-state index is 12.8. The van der Waals surface area contributed by atoms with Crippen LogP contribution in [0.15, 0.2) is 30.3 Å². The number of carbonyl (C=O) groups excluding carboxylic acids is 2. The molecular formula is C21H27N3O5S. The number of ether oxygens (including phenoxy) is 1. The van der Waals surface area contributed by atoms with Crippen molar-refractivity contribution in [3.63, 3.8) is 0 Å². The Labute approximate surface area is 176 Å². The molecule has 0 spiro atoms. The molecule has 1 amide bonds. The highest BCUT2D eigenvalue weighted by molar-refractivity contribution is 7.91. The highest BCUT2D eigenvalue weighted by atomic mass is 32.2. The van der Waals surface area contributed by atoms with Gasteiger partial charge in [0.2, 0.25) is 0 Å². The molecule has 2 aromatic rings. The minimum absolute atomic E-state index is 0.0406. The molecule has 9 heteroatoms. The Kier molecular flexibility index (Phi) is 6.30. The van der Waals surface area contributed by atoms with Gasteiger partial charge in [0, 0.05) is 18.3 Å². The van der Waals surface area contributed by atoms with Gasteiger partial charge >= 0.3 is 5.97 Å². The van der Waals surface area contributed by atoms with Crippen molar-refractivity contribution in [1.29, 1.82) is 0 Å². The van der Waals surface area contributed by atoms with Crippen LogP contribution in [0, 0.1) is 13.8 Å². The van der Waals surface area contributed by atoms with Crippen LogP contribution in [-0.2, 0) is 19.4 Å². The molecule has 30 heavy (non-hydrogen) atoms. The maximum Gasteiger partial charge on any atom is 0.338 e. The van der Waals surface area contributed by atoms with Crippen molar-refractivity contribution in [3.05, 3.63) is 47.3 Å². The number of aryl methyl sites for hydroxylation is 2. The van der Waals surface area contributed by atoms with Gasteiger partial charge in [-0.25, -0.2) is 17.9 Å². The summed E-state index contributed by atoms with van der Waals surface area (Å²) >= 11 is 0.